The molecule has 6 heteroatoms. The Morgan fingerprint density at radius 1 is 1.36 bits per heavy atom. The quantitative estimate of drug-likeness (QED) is 0.568. The summed E-state index contributed by atoms with van der Waals surface area (Å²) in [7, 11) is 0. The predicted octanol–water partition coefficient (Wildman–Crippen LogP) is 0.109. The standard InChI is InChI=1S/C6H4N2.C2H2O4/c7-4-6-2-1-3-8-5-6;3-1(4)2(5)6/h1-3,5H;(H,3,4)(H,5,6)/i8+1;. The van der Waals surface area contributed by atoms with Crippen molar-refractivity contribution in [3.05, 3.63) is 30.1 Å². The zero-order valence-electron chi connectivity index (χ0n) is 6.91. The minimum atomic E-state index is -1.82. The third-order valence-corrected chi connectivity index (χ3v) is 0.974. The summed E-state index contributed by atoms with van der Waals surface area (Å²) in [5.74, 6) is -3.65. The van der Waals surface area contributed by atoms with E-state index in [0.717, 1.165) is 0 Å². The highest BCUT2D eigenvalue weighted by atomic mass is 16.4. The van der Waals surface area contributed by atoms with Gasteiger partial charge in [0, 0.05) is 12.4 Å². The molecule has 1 heterocycles. The molecule has 0 atom stereocenters. The van der Waals surface area contributed by atoms with E-state index < -0.39 is 11.9 Å². The Balaban J connectivity index is 0.000000255. The molecule has 0 aliphatic rings. The Morgan fingerprint density at radius 2 is 1.93 bits per heavy atom. The minimum absolute atomic E-state index is 0.604. The second kappa shape index (κ2) is 6.14. The molecule has 14 heavy (non-hydrogen) atoms. The van der Waals surface area contributed by atoms with Crippen molar-refractivity contribution in [3.8, 4) is 6.07 Å². The van der Waals surface area contributed by atoms with Crippen LogP contribution in [0.4, 0.5) is 0 Å². The summed E-state index contributed by atoms with van der Waals surface area (Å²) in [6, 6.07) is 5.41. The van der Waals surface area contributed by atoms with Gasteiger partial charge in [-0.05, 0) is 12.1 Å². The zero-order chi connectivity index (χ0) is 11.0. The molecule has 0 saturated carbocycles. The molecule has 1 rings (SSSR count). The van der Waals surface area contributed by atoms with E-state index in [1.165, 1.54) is 6.20 Å². The normalized spacial score (nSPS) is 7.64. The number of aromatic nitrogens is 1. The first-order chi connectivity index (χ1) is 6.57. The molecule has 0 aliphatic carbocycles. The van der Waals surface area contributed by atoms with Crippen LogP contribution in [-0.4, -0.2) is 27.1 Å². The lowest BCUT2D eigenvalue weighted by molar-refractivity contribution is -0.159. The third kappa shape index (κ3) is 5.26. The van der Waals surface area contributed by atoms with Gasteiger partial charge in [0.2, 0.25) is 0 Å². The molecule has 6 nitrogen and oxygen atoms in total. The topological polar surface area (TPSA) is 111 Å². The van der Waals surface area contributed by atoms with E-state index in [1.807, 2.05) is 6.07 Å². The molecule has 1 aromatic heterocycles. The van der Waals surface area contributed by atoms with Crippen LogP contribution in [0.5, 0.6) is 0 Å². The molecule has 0 spiro atoms. The Morgan fingerprint density at radius 3 is 2.14 bits per heavy atom. The number of pyridine rings is 1. The number of carbonyl (C=O) groups is 2. The SMILES string of the molecule is N#Cc1ccc[15n]c1.O=C(O)C(=O)O. The highest BCUT2D eigenvalue weighted by molar-refractivity contribution is 6.27. The summed E-state index contributed by atoms with van der Waals surface area (Å²) in [5.41, 5.74) is 0.604. The number of nitrogens with zero attached hydrogens (tertiary/aromatic N) is 2. The molecule has 0 aliphatic heterocycles. The van der Waals surface area contributed by atoms with Crippen LogP contribution >= 0.6 is 0 Å². The van der Waals surface area contributed by atoms with E-state index in [2.05, 4.69) is 4.98 Å². The lowest BCUT2D eigenvalue weighted by Crippen LogP contribution is -2.09. The number of hydrogen-bond acceptors (Lipinski definition) is 4. The Bertz CT molecular complexity index is 343. The van der Waals surface area contributed by atoms with E-state index in [9.17, 15) is 0 Å². The van der Waals surface area contributed by atoms with Crippen molar-refractivity contribution >= 4 is 11.9 Å². The van der Waals surface area contributed by atoms with E-state index >= 15 is 0 Å². The molecule has 0 amide bonds. The Kier molecular flexibility index (Phi) is 5.07. The summed E-state index contributed by atoms with van der Waals surface area (Å²) < 4.78 is 0. The van der Waals surface area contributed by atoms with Gasteiger partial charge in [-0.15, -0.1) is 0 Å². The summed E-state index contributed by atoms with van der Waals surface area (Å²) in [5, 5.41) is 23.0. The van der Waals surface area contributed by atoms with Crippen LogP contribution in [0.3, 0.4) is 0 Å². The van der Waals surface area contributed by atoms with Crippen LogP contribution in [0.15, 0.2) is 24.5 Å². The van der Waals surface area contributed by atoms with Crippen LogP contribution in [0.25, 0.3) is 0 Å². The molecule has 0 saturated heterocycles. The van der Waals surface area contributed by atoms with Crippen molar-refractivity contribution in [2.75, 3.05) is 0 Å². The first-order valence-corrected chi connectivity index (χ1v) is 3.34. The molecular formula is C8H6N2O4. The lowest BCUT2D eigenvalue weighted by Gasteiger charge is -1.79. The fourth-order valence-electron chi connectivity index (χ4n) is 0.429. The number of carboxylic acids is 2. The Hall–Kier alpha value is -2.42. The van der Waals surface area contributed by atoms with E-state index in [4.69, 9.17) is 25.1 Å². The molecule has 0 aromatic carbocycles. The molecule has 0 unspecified atom stereocenters. The maximum absolute atomic E-state index is 9.10. The van der Waals surface area contributed by atoms with Gasteiger partial charge in [0.25, 0.3) is 0 Å². The maximum atomic E-state index is 9.10. The number of hydrogen-bond donors (Lipinski definition) is 2. The lowest BCUT2D eigenvalue weighted by atomic mass is 10.3. The fourth-order valence-corrected chi connectivity index (χ4v) is 0.429. The van der Waals surface area contributed by atoms with Crippen LogP contribution in [0.1, 0.15) is 5.56 Å². The second-order valence-corrected chi connectivity index (χ2v) is 1.96. The van der Waals surface area contributed by atoms with Gasteiger partial charge in [0.1, 0.15) is 6.07 Å². The van der Waals surface area contributed by atoms with Gasteiger partial charge in [-0.1, -0.05) is 0 Å². The maximum Gasteiger partial charge on any atom is 0.414 e. The van der Waals surface area contributed by atoms with Gasteiger partial charge in [-0.3, -0.25) is 4.98 Å². The first kappa shape index (κ1) is 11.6. The van der Waals surface area contributed by atoms with Gasteiger partial charge in [0.15, 0.2) is 0 Å². The highest BCUT2D eigenvalue weighted by Gasteiger charge is 2.04. The molecular weight excluding hydrogens is 189 g/mol. The second-order valence-electron chi connectivity index (χ2n) is 1.96. The average molecular weight is 195 g/mol. The van der Waals surface area contributed by atoms with E-state index in [0.29, 0.717) is 5.56 Å². The van der Waals surface area contributed by atoms with Crippen LogP contribution in [0, 0.1) is 11.3 Å². The first-order valence-electron chi connectivity index (χ1n) is 3.34. The smallest absolute Gasteiger partial charge is 0.414 e. The van der Waals surface area contributed by atoms with Crippen molar-refractivity contribution in [3.63, 3.8) is 0 Å². The highest BCUT2D eigenvalue weighted by Crippen LogP contribution is 1.89. The van der Waals surface area contributed by atoms with Crippen LogP contribution in [0.2, 0.25) is 0 Å². The number of carboxylic acid groups (broad SMARTS) is 2. The zero-order valence-corrected chi connectivity index (χ0v) is 6.91. The molecule has 0 radical (unpaired) electrons. The van der Waals surface area contributed by atoms with Crippen molar-refractivity contribution in [2.24, 2.45) is 0 Å². The minimum Gasteiger partial charge on any atom is -0.473 e. The van der Waals surface area contributed by atoms with E-state index in [1.54, 1.807) is 18.3 Å². The van der Waals surface area contributed by atoms with Crippen molar-refractivity contribution in [2.45, 2.75) is 0 Å². The summed E-state index contributed by atoms with van der Waals surface area (Å²) in [4.78, 5) is 21.9. The van der Waals surface area contributed by atoms with Crippen molar-refractivity contribution in [1.82, 2.24) is 4.98 Å². The van der Waals surface area contributed by atoms with Crippen molar-refractivity contribution < 1.29 is 19.8 Å². The molecule has 2 N–H and O–H groups in total. The van der Waals surface area contributed by atoms with Gasteiger partial charge in [-0.2, -0.15) is 5.26 Å². The van der Waals surface area contributed by atoms with E-state index in [-0.39, 0.29) is 0 Å². The van der Waals surface area contributed by atoms with Gasteiger partial charge in [0.05, 0.1) is 5.56 Å². The van der Waals surface area contributed by atoms with Crippen LogP contribution < -0.4 is 0 Å². The summed E-state index contributed by atoms with van der Waals surface area (Å²) in [6.07, 6.45) is 3.17. The Labute approximate surface area is 79.1 Å². The average Bonchev–Trinajstić information content (AvgIpc) is 2.20. The number of nitriles is 1. The molecule has 0 bridgehead atoms. The van der Waals surface area contributed by atoms with Gasteiger partial charge < -0.3 is 10.2 Å². The monoisotopic (exact) mass is 195 g/mol. The number of aliphatic carboxylic acids is 2. The summed E-state index contributed by atoms with van der Waals surface area (Å²) >= 11 is 0. The number of rotatable bonds is 0. The molecule has 1 aromatic rings. The molecule has 72 valence electrons. The molecule has 0 fully saturated rings. The van der Waals surface area contributed by atoms with Gasteiger partial charge in [-0.25, -0.2) is 9.59 Å². The van der Waals surface area contributed by atoms with Gasteiger partial charge >= 0.3 is 11.9 Å². The predicted molar refractivity (Wildman–Crippen MR) is 44.2 cm³/mol. The van der Waals surface area contributed by atoms with Crippen LogP contribution in [-0.2, 0) is 9.59 Å². The fraction of sp³-hybridized carbons (Fsp3) is 0. The third-order valence-electron chi connectivity index (χ3n) is 0.974. The van der Waals surface area contributed by atoms with Crippen molar-refractivity contribution in [1.29, 1.82) is 5.26 Å². The summed E-state index contributed by atoms with van der Waals surface area (Å²) in [6.45, 7) is 0. The largest absolute Gasteiger partial charge is 0.473 e.